The van der Waals surface area contributed by atoms with Crippen LogP contribution in [-0.4, -0.2) is 15.1 Å². The number of aromatic amines is 1. The molecule has 108 valence electrons. The molecule has 0 aliphatic rings. The van der Waals surface area contributed by atoms with Crippen molar-refractivity contribution in [3.8, 4) is 17.1 Å². The first kappa shape index (κ1) is 13.3. The first-order chi connectivity index (χ1) is 9.84. The zero-order valence-corrected chi connectivity index (χ0v) is 10.6. The van der Waals surface area contributed by atoms with Crippen LogP contribution in [0.2, 0.25) is 0 Å². The Labute approximate surface area is 117 Å². The zero-order chi connectivity index (χ0) is 15.2. The maximum Gasteiger partial charge on any atom is 0.416 e. The van der Waals surface area contributed by atoms with Crippen LogP contribution in [0.5, 0.6) is 5.75 Å². The van der Waals surface area contributed by atoms with E-state index >= 15 is 0 Å². The normalized spacial score (nSPS) is 12.0. The van der Waals surface area contributed by atoms with Crippen LogP contribution in [0.15, 0.2) is 36.4 Å². The standard InChI is InChI=1S/C14H10F3N3O/c15-14(16,17)8-2-4-10-11(6-8)20-13(19-10)7-1-3-9(18)12(21)5-7/h1-6,21H,18H2,(H,19,20). The highest BCUT2D eigenvalue weighted by Gasteiger charge is 2.30. The number of benzene rings is 2. The second-order valence-electron chi connectivity index (χ2n) is 4.59. The van der Waals surface area contributed by atoms with Gasteiger partial charge in [-0.2, -0.15) is 13.2 Å². The van der Waals surface area contributed by atoms with Crippen molar-refractivity contribution in [3.63, 3.8) is 0 Å². The molecule has 1 aromatic heterocycles. The third-order valence-electron chi connectivity index (χ3n) is 3.11. The fraction of sp³-hybridized carbons (Fsp3) is 0.0714. The van der Waals surface area contributed by atoms with E-state index in [4.69, 9.17) is 5.73 Å². The molecular weight excluding hydrogens is 283 g/mol. The highest BCUT2D eigenvalue weighted by Crippen LogP contribution is 2.32. The monoisotopic (exact) mass is 293 g/mol. The Morgan fingerprint density at radius 1 is 1.10 bits per heavy atom. The average Bonchev–Trinajstić information content (AvgIpc) is 2.83. The lowest BCUT2D eigenvalue weighted by Gasteiger charge is -2.05. The van der Waals surface area contributed by atoms with Crippen LogP contribution in [-0.2, 0) is 6.18 Å². The summed E-state index contributed by atoms with van der Waals surface area (Å²) in [6.07, 6.45) is -4.40. The minimum absolute atomic E-state index is 0.107. The molecule has 0 amide bonds. The van der Waals surface area contributed by atoms with Crippen LogP contribution >= 0.6 is 0 Å². The van der Waals surface area contributed by atoms with Crippen LogP contribution in [0.25, 0.3) is 22.4 Å². The third-order valence-corrected chi connectivity index (χ3v) is 3.11. The Morgan fingerprint density at radius 2 is 1.86 bits per heavy atom. The predicted molar refractivity (Wildman–Crippen MR) is 72.6 cm³/mol. The maximum absolute atomic E-state index is 12.7. The predicted octanol–water partition coefficient (Wildman–Crippen LogP) is 3.54. The molecule has 21 heavy (non-hydrogen) atoms. The summed E-state index contributed by atoms with van der Waals surface area (Å²) in [5.74, 6) is 0.253. The number of nitrogens with zero attached hydrogens (tertiary/aromatic N) is 1. The second kappa shape index (κ2) is 4.41. The average molecular weight is 293 g/mol. The molecule has 3 rings (SSSR count). The van der Waals surface area contributed by atoms with Crippen LogP contribution in [0.3, 0.4) is 0 Å². The van der Waals surface area contributed by atoms with E-state index in [-0.39, 0.29) is 17.0 Å². The van der Waals surface area contributed by atoms with Gasteiger partial charge in [0.25, 0.3) is 0 Å². The van der Waals surface area contributed by atoms with Crippen LogP contribution in [0.4, 0.5) is 18.9 Å². The molecule has 0 spiro atoms. The van der Waals surface area contributed by atoms with Crippen molar-refractivity contribution < 1.29 is 18.3 Å². The number of hydrogen-bond donors (Lipinski definition) is 3. The minimum atomic E-state index is -4.40. The number of nitrogens with one attached hydrogen (secondary N) is 1. The molecule has 7 heteroatoms. The molecule has 1 heterocycles. The lowest BCUT2D eigenvalue weighted by molar-refractivity contribution is -0.137. The molecule has 0 fully saturated rings. The van der Waals surface area contributed by atoms with Gasteiger partial charge in [0.15, 0.2) is 0 Å². The van der Waals surface area contributed by atoms with Gasteiger partial charge in [-0.25, -0.2) is 4.98 Å². The Kier molecular flexibility index (Phi) is 2.79. The van der Waals surface area contributed by atoms with E-state index in [1.165, 1.54) is 18.2 Å². The molecular formula is C14H10F3N3O. The highest BCUT2D eigenvalue weighted by molar-refractivity contribution is 5.80. The molecule has 0 bridgehead atoms. The van der Waals surface area contributed by atoms with Gasteiger partial charge in [-0.1, -0.05) is 0 Å². The number of phenols is 1. The molecule has 4 N–H and O–H groups in total. The second-order valence-corrected chi connectivity index (χ2v) is 4.59. The molecule has 0 radical (unpaired) electrons. The number of aromatic nitrogens is 2. The lowest BCUT2D eigenvalue weighted by Crippen LogP contribution is -2.04. The summed E-state index contributed by atoms with van der Waals surface area (Å²) in [6, 6.07) is 7.81. The maximum atomic E-state index is 12.7. The summed E-state index contributed by atoms with van der Waals surface area (Å²) in [5, 5.41) is 9.57. The van der Waals surface area contributed by atoms with Crippen molar-refractivity contribution in [1.82, 2.24) is 9.97 Å². The molecule has 0 atom stereocenters. The van der Waals surface area contributed by atoms with Crippen molar-refractivity contribution in [3.05, 3.63) is 42.0 Å². The number of imidazole rings is 1. The minimum Gasteiger partial charge on any atom is -0.506 e. The lowest BCUT2D eigenvalue weighted by atomic mass is 10.2. The van der Waals surface area contributed by atoms with Gasteiger partial charge in [0.2, 0.25) is 0 Å². The van der Waals surface area contributed by atoms with Gasteiger partial charge in [-0.3, -0.25) is 0 Å². The Hall–Kier alpha value is -2.70. The van der Waals surface area contributed by atoms with Gasteiger partial charge in [-0.05, 0) is 36.4 Å². The number of nitrogen functional groups attached to an aromatic ring is 1. The smallest absolute Gasteiger partial charge is 0.416 e. The SMILES string of the molecule is Nc1ccc(-c2nc3ccc(C(F)(F)F)cc3[nH]2)cc1O. The van der Waals surface area contributed by atoms with E-state index in [0.29, 0.717) is 16.9 Å². The number of aromatic hydroxyl groups is 1. The summed E-state index contributed by atoms with van der Waals surface area (Å²) >= 11 is 0. The van der Waals surface area contributed by atoms with Crippen LogP contribution in [0.1, 0.15) is 5.56 Å². The number of rotatable bonds is 1. The fourth-order valence-corrected chi connectivity index (χ4v) is 2.01. The van der Waals surface area contributed by atoms with E-state index in [2.05, 4.69) is 9.97 Å². The van der Waals surface area contributed by atoms with Gasteiger partial charge in [0, 0.05) is 5.56 Å². The van der Waals surface area contributed by atoms with Crippen LogP contribution in [0, 0.1) is 0 Å². The van der Waals surface area contributed by atoms with Gasteiger partial charge in [-0.15, -0.1) is 0 Å². The third kappa shape index (κ3) is 2.37. The molecule has 0 saturated carbocycles. The van der Waals surface area contributed by atoms with Crippen molar-refractivity contribution in [2.45, 2.75) is 6.18 Å². The quantitative estimate of drug-likeness (QED) is 0.474. The number of H-pyrrole nitrogens is 1. The Balaban J connectivity index is 2.10. The van der Waals surface area contributed by atoms with Gasteiger partial charge in [0.05, 0.1) is 22.3 Å². The number of alkyl halides is 3. The van der Waals surface area contributed by atoms with Gasteiger partial charge < -0.3 is 15.8 Å². The van der Waals surface area contributed by atoms with Crippen molar-refractivity contribution in [2.24, 2.45) is 0 Å². The molecule has 0 aliphatic carbocycles. The van der Waals surface area contributed by atoms with Crippen LogP contribution < -0.4 is 5.73 Å². The fourth-order valence-electron chi connectivity index (χ4n) is 2.01. The summed E-state index contributed by atoms with van der Waals surface area (Å²) in [6.45, 7) is 0. The molecule has 0 unspecified atom stereocenters. The summed E-state index contributed by atoms with van der Waals surface area (Å²) in [7, 11) is 0. The van der Waals surface area contributed by atoms with E-state index in [1.54, 1.807) is 6.07 Å². The van der Waals surface area contributed by atoms with E-state index in [1.807, 2.05) is 0 Å². The molecule has 0 saturated heterocycles. The van der Waals surface area contributed by atoms with Crippen molar-refractivity contribution in [2.75, 3.05) is 5.73 Å². The molecule has 3 aromatic rings. The summed E-state index contributed by atoms with van der Waals surface area (Å²) < 4.78 is 38.0. The number of anilines is 1. The number of hydrogen-bond acceptors (Lipinski definition) is 3. The van der Waals surface area contributed by atoms with E-state index in [9.17, 15) is 18.3 Å². The Bertz CT molecular complexity index is 824. The molecule has 4 nitrogen and oxygen atoms in total. The number of nitrogens with two attached hydrogens (primary N) is 1. The van der Waals surface area contributed by atoms with Gasteiger partial charge >= 0.3 is 6.18 Å². The summed E-state index contributed by atoms with van der Waals surface area (Å²) in [5.41, 5.74) is 6.20. The van der Waals surface area contributed by atoms with Crippen molar-refractivity contribution >= 4 is 16.7 Å². The molecule has 2 aromatic carbocycles. The topological polar surface area (TPSA) is 74.9 Å². The van der Waals surface area contributed by atoms with E-state index in [0.717, 1.165) is 12.1 Å². The molecule has 0 aliphatic heterocycles. The van der Waals surface area contributed by atoms with Crippen molar-refractivity contribution in [1.29, 1.82) is 0 Å². The highest BCUT2D eigenvalue weighted by atomic mass is 19.4. The number of fused-ring (bicyclic) bond motifs is 1. The number of halogens is 3. The first-order valence-electron chi connectivity index (χ1n) is 6.00. The summed E-state index contributed by atoms with van der Waals surface area (Å²) in [4.78, 5) is 7.01. The number of phenolic OH excluding ortho intramolecular Hbond substituents is 1. The zero-order valence-electron chi connectivity index (χ0n) is 10.6. The van der Waals surface area contributed by atoms with E-state index < -0.39 is 11.7 Å². The Morgan fingerprint density at radius 3 is 2.52 bits per heavy atom. The largest absolute Gasteiger partial charge is 0.506 e. The van der Waals surface area contributed by atoms with Gasteiger partial charge in [0.1, 0.15) is 11.6 Å². The first-order valence-corrected chi connectivity index (χ1v) is 6.00.